The van der Waals surface area contributed by atoms with E-state index in [0.717, 1.165) is 10.9 Å². The van der Waals surface area contributed by atoms with Gasteiger partial charge in [0.1, 0.15) is 12.1 Å². The quantitative estimate of drug-likeness (QED) is 0.582. The van der Waals surface area contributed by atoms with E-state index in [1.54, 1.807) is 24.5 Å². The van der Waals surface area contributed by atoms with Gasteiger partial charge in [-0.1, -0.05) is 23.9 Å². The lowest BCUT2D eigenvalue weighted by atomic mass is 10.3. The van der Waals surface area contributed by atoms with Crippen molar-refractivity contribution in [2.45, 2.75) is 37.7 Å². The molecule has 26 heavy (non-hydrogen) atoms. The minimum absolute atomic E-state index is 0.202. The van der Waals surface area contributed by atoms with Crippen molar-refractivity contribution in [3.63, 3.8) is 0 Å². The topological polar surface area (TPSA) is 63.9 Å². The van der Waals surface area contributed by atoms with E-state index in [1.165, 1.54) is 41.0 Å². The van der Waals surface area contributed by atoms with Crippen LogP contribution in [-0.2, 0) is 10.5 Å². The van der Waals surface area contributed by atoms with Crippen molar-refractivity contribution < 1.29 is 9.18 Å². The number of thioether (sulfide) groups is 1. The highest BCUT2D eigenvalue weighted by Crippen LogP contribution is 2.32. The summed E-state index contributed by atoms with van der Waals surface area (Å²) in [5.74, 6) is -0.160. The lowest BCUT2D eigenvalue weighted by Crippen LogP contribution is -2.23. The number of thiazole rings is 1. The number of hydrogen-bond acceptors (Lipinski definition) is 6. The molecule has 0 aliphatic heterocycles. The summed E-state index contributed by atoms with van der Waals surface area (Å²) in [4.78, 5) is 17.9. The molecule has 0 aliphatic carbocycles. The molecule has 2 heterocycles. The predicted molar refractivity (Wildman–Crippen MR) is 101 cm³/mol. The number of para-hydroxylation sites is 1. The molecule has 0 unspecified atom stereocenters. The van der Waals surface area contributed by atoms with Gasteiger partial charge in [-0.15, -0.1) is 21.5 Å². The van der Waals surface area contributed by atoms with Crippen molar-refractivity contribution >= 4 is 39.8 Å². The second-order valence-corrected chi connectivity index (χ2v) is 7.61. The third-order valence-corrected chi connectivity index (χ3v) is 5.45. The summed E-state index contributed by atoms with van der Waals surface area (Å²) in [6.45, 7) is 5.52. The third-order valence-electron chi connectivity index (χ3n) is 3.58. The SMILES string of the molecule is CC(=O)N(c1nc(CSc2nncn2C(C)C)cs1)c1ccccc1F. The maximum Gasteiger partial charge on any atom is 0.230 e. The van der Waals surface area contributed by atoms with Crippen LogP contribution >= 0.6 is 23.1 Å². The molecule has 1 amide bonds. The van der Waals surface area contributed by atoms with Crippen LogP contribution in [0.2, 0.25) is 0 Å². The van der Waals surface area contributed by atoms with E-state index in [4.69, 9.17) is 0 Å². The highest BCUT2D eigenvalue weighted by atomic mass is 32.2. The summed E-state index contributed by atoms with van der Waals surface area (Å²) in [6, 6.07) is 6.45. The third kappa shape index (κ3) is 3.94. The zero-order chi connectivity index (χ0) is 18.7. The number of amides is 1. The number of halogens is 1. The molecule has 0 saturated carbocycles. The van der Waals surface area contributed by atoms with Crippen molar-refractivity contribution in [3.8, 4) is 0 Å². The number of nitrogens with zero attached hydrogens (tertiary/aromatic N) is 5. The van der Waals surface area contributed by atoms with Crippen LogP contribution in [0.4, 0.5) is 15.2 Å². The van der Waals surface area contributed by atoms with Crippen molar-refractivity contribution in [2.75, 3.05) is 4.90 Å². The second kappa shape index (κ2) is 7.96. The van der Waals surface area contributed by atoms with Gasteiger partial charge in [-0.3, -0.25) is 9.69 Å². The largest absolute Gasteiger partial charge is 0.306 e. The maximum atomic E-state index is 14.1. The number of rotatable bonds is 6. The normalized spacial score (nSPS) is 11.1. The van der Waals surface area contributed by atoms with Crippen molar-refractivity contribution in [2.24, 2.45) is 0 Å². The molecule has 1 aromatic carbocycles. The minimum Gasteiger partial charge on any atom is -0.306 e. The van der Waals surface area contributed by atoms with E-state index in [-0.39, 0.29) is 17.6 Å². The molecule has 0 atom stereocenters. The average molecular weight is 391 g/mol. The van der Waals surface area contributed by atoms with Gasteiger partial charge in [0, 0.05) is 24.1 Å². The fraction of sp³-hybridized carbons (Fsp3) is 0.294. The Morgan fingerprint density at radius 3 is 2.85 bits per heavy atom. The van der Waals surface area contributed by atoms with Gasteiger partial charge in [0.05, 0.1) is 11.4 Å². The lowest BCUT2D eigenvalue weighted by Gasteiger charge is -2.18. The average Bonchev–Trinajstić information content (AvgIpc) is 3.24. The molecule has 0 radical (unpaired) electrons. The minimum atomic E-state index is -0.459. The number of carbonyl (C=O) groups excluding carboxylic acids is 1. The van der Waals surface area contributed by atoms with Gasteiger partial charge in [-0.2, -0.15) is 0 Å². The van der Waals surface area contributed by atoms with E-state index in [0.29, 0.717) is 10.9 Å². The monoisotopic (exact) mass is 391 g/mol. The zero-order valence-corrected chi connectivity index (χ0v) is 16.2. The smallest absolute Gasteiger partial charge is 0.230 e. The molecular weight excluding hydrogens is 373 g/mol. The fourth-order valence-electron chi connectivity index (χ4n) is 2.33. The Hall–Kier alpha value is -2.26. The molecule has 6 nitrogen and oxygen atoms in total. The van der Waals surface area contributed by atoms with Gasteiger partial charge >= 0.3 is 0 Å². The van der Waals surface area contributed by atoms with Crippen LogP contribution in [0, 0.1) is 5.82 Å². The van der Waals surface area contributed by atoms with Crippen LogP contribution in [0.1, 0.15) is 32.5 Å². The first-order valence-electron chi connectivity index (χ1n) is 7.99. The van der Waals surface area contributed by atoms with Gasteiger partial charge in [0.25, 0.3) is 0 Å². The summed E-state index contributed by atoms with van der Waals surface area (Å²) in [5, 5.41) is 11.2. The zero-order valence-electron chi connectivity index (χ0n) is 14.6. The Labute approximate surface area is 159 Å². The maximum absolute atomic E-state index is 14.1. The van der Waals surface area contributed by atoms with Crippen LogP contribution in [0.15, 0.2) is 41.1 Å². The molecule has 0 saturated heterocycles. The number of hydrogen-bond donors (Lipinski definition) is 0. The fourth-order valence-corrected chi connectivity index (χ4v) is 4.26. The van der Waals surface area contributed by atoms with Gasteiger partial charge < -0.3 is 4.57 Å². The number of aromatic nitrogens is 4. The van der Waals surface area contributed by atoms with Gasteiger partial charge in [-0.05, 0) is 26.0 Å². The summed E-state index contributed by atoms with van der Waals surface area (Å²) in [7, 11) is 0. The summed E-state index contributed by atoms with van der Waals surface area (Å²) >= 11 is 2.83. The molecule has 3 rings (SSSR count). The first-order chi connectivity index (χ1) is 12.5. The Bertz CT molecular complexity index is 908. The molecule has 3 aromatic rings. The van der Waals surface area contributed by atoms with E-state index < -0.39 is 5.82 Å². The Balaban J connectivity index is 1.79. The number of benzene rings is 1. The summed E-state index contributed by atoms with van der Waals surface area (Å²) in [5.41, 5.74) is 1.00. The molecule has 9 heteroatoms. The second-order valence-electron chi connectivity index (χ2n) is 5.83. The number of carbonyl (C=O) groups is 1. The molecule has 0 spiro atoms. The summed E-state index contributed by atoms with van der Waals surface area (Å²) < 4.78 is 16.1. The van der Waals surface area contributed by atoms with Crippen LogP contribution in [0.25, 0.3) is 0 Å². The molecular formula is C17H18FN5OS2. The highest BCUT2D eigenvalue weighted by Gasteiger charge is 2.21. The first kappa shape index (κ1) is 18.5. The van der Waals surface area contributed by atoms with E-state index >= 15 is 0 Å². The Morgan fingerprint density at radius 1 is 1.38 bits per heavy atom. The van der Waals surface area contributed by atoms with E-state index in [2.05, 4.69) is 29.0 Å². The first-order valence-corrected chi connectivity index (χ1v) is 9.86. The Kier molecular flexibility index (Phi) is 5.67. The van der Waals surface area contributed by atoms with Crippen LogP contribution in [-0.4, -0.2) is 25.7 Å². The van der Waals surface area contributed by atoms with E-state index in [9.17, 15) is 9.18 Å². The molecule has 0 N–H and O–H groups in total. The van der Waals surface area contributed by atoms with Crippen molar-refractivity contribution in [1.29, 1.82) is 0 Å². The molecule has 0 fully saturated rings. The van der Waals surface area contributed by atoms with Crippen LogP contribution < -0.4 is 4.90 Å². The van der Waals surface area contributed by atoms with Crippen LogP contribution in [0.3, 0.4) is 0 Å². The molecule has 2 aromatic heterocycles. The molecule has 0 bridgehead atoms. The van der Waals surface area contributed by atoms with Crippen LogP contribution in [0.5, 0.6) is 0 Å². The highest BCUT2D eigenvalue weighted by molar-refractivity contribution is 7.98. The van der Waals surface area contributed by atoms with E-state index in [1.807, 2.05) is 9.95 Å². The molecule has 136 valence electrons. The summed E-state index contributed by atoms with van der Waals surface area (Å²) in [6.07, 6.45) is 1.70. The predicted octanol–water partition coefficient (Wildman–Crippen LogP) is 4.43. The Morgan fingerprint density at radius 2 is 2.15 bits per heavy atom. The van der Waals surface area contributed by atoms with Gasteiger partial charge in [0.15, 0.2) is 10.3 Å². The van der Waals surface area contributed by atoms with Crippen molar-refractivity contribution in [1.82, 2.24) is 19.7 Å². The van der Waals surface area contributed by atoms with Gasteiger partial charge in [-0.25, -0.2) is 9.37 Å². The number of anilines is 2. The standard InChI is InChI=1S/C17H18FN5OS2/c1-11(2)22-10-19-21-17(22)26-9-13-8-25-16(20-13)23(12(3)24)15-7-5-4-6-14(15)18/h4-8,10-11H,9H2,1-3H3. The van der Waals surface area contributed by atoms with Gasteiger partial charge in [0.2, 0.25) is 5.91 Å². The van der Waals surface area contributed by atoms with Crippen molar-refractivity contribution in [3.05, 3.63) is 47.5 Å². The lowest BCUT2D eigenvalue weighted by molar-refractivity contribution is -0.115. The molecule has 0 aliphatic rings.